The lowest BCUT2D eigenvalue weighted by Gasteiger charge is -2.31. The molecule has 1 saturated heterocycles. The highest BCUT2D eigenvalue weighted by atomic mass is 19.1. The van der Waals surface area contributed by atoms with Crippen molar-refractivity contribution < 1.29 is 14.4 Å². The number of benzene rings is 1. The fraction of sp³-hybridized carbons (Fsp3) is 0.429. The minimum absolute atomic E-state index is 0.00217. The van der Waals surface area contributed by atoms with Gasteiger partial charge < -0.3 is 15.8 Å². The van der Waals surface area contributed by atoms with Crippen LogP contribution in [0, 0.1) is 18.7 Å². The largest absolute Gasteiger partial charge is 0.409 e. The lowest BCUT2D eigenvalue weighted by atomic mass is 9.95. The molecule has 0 saturated carbocycles. The lowest BCUT2D eigenvalue weighted by molar-refractivity contribution is 0.0708. The van der Waals surface area contributed by atoms with E-state index in [0.29, 0.717) is 31.5 Å². The second-order valence-corrected chi connectivity index (χ2v) is 5.05. The van der Waals surface area contributed by atoms with E-state index in [9.17, 15) is 9.18 Å². The van der Waals surface area contributed by atoms with Gasteiger partial charge in [-0.1, -0.05) is 11.2 Å². The van der Waals surface area contributed by atoms with Gasteiger partial charge in [-0.15, -0.1) is 0 Å². The first-order valence-electron chi connectivity index (χ1n) is 6.55. The van der Waals surface area contributed by atoms with Crippen molar-refractivity contribution in [2.24, 2.45) is 16.8 Å². The van der Waals surface area contributed by atoms with Gasteiger partial charge in [-0.25, -0.2) is 4.39 Å². The van der Waals surface area contributed by atoms with Gasteiger partial charge in [0, 0.05) is 24.6 Å². The van der Waals surface area contributed by atoms with Crippen LogP contribution in [-0.2, 0) is 0 Å². The Labute approximate surface area is 116 Å². The van der Waals surface area contributed by atoms with Crippen LogP contribution < -0.4 is 5.73 Å². The van der Waals surface area contributed by atoms with Crippen molar-refractivity contribution in [3.05, 3.63) is 35.1 Å². The molecule has 6 heteroatoms. The first-order valence-corrected chi connectivity index (χ1v) is 6.55. The Hall–Kier alpha value is -2.11. The van der Waals surface area contributed by atoms with Crippen LogP contribution in [0.15, 0.2) is 23.4 Å². The molecule has 1 aliphatic heterocycles. The van der Waals surface area contributed by atoms with E-state index >= 15 is 0 Å². The van der Waals surface area contributed by atoms with Gasteiger partial charge in [0.1, 0.15) is 11.7 Å². The highest BCUT2D eigenvalue weighted by molar-refractivity contribution is 5.95. The predicted molar refractivity (Wildman–Crippen MR) is 73.2 cm³/mol. The lowest BCUT2D eigenvalue weighted by Crippen LogP contribution is -2.42. The molecule has 20 heavy (non-hydrogen) atoms. The summed E-state index contributed by atoms with van der Waals surface area (Å²) in [5, 5.41) is 11.7. The SMILES string of the molecule is Cc1ccc(F)cc1C(=O)N1CCC(C(N)=NO)CC1. The molecule has 0 aliphatic carbocycles. The summed E-state index contributed by atoms with van der Waals surface area (Å²) in [7, 11) is 0. The first kappa shape index (κ1) is 14.3. The first-order chi connectivity index (χ1) is 9.52. The molecule has 1 heterocycles. The Morgan fingerprint density at radius 2 is 2.10 bits per heavy atom. The quantitative estimate of drug-likeness (QED) is 0.374. The molecule has 108 valence electrons. The van der Waals surface area contributed by atoms with E-state index in [-0.39, 0.29) is 17.7 Å². The molecule has 0 radical (unpaired) electrons. The van der Waals surface area contributed by atoms with E-state index < -0.39 is 5.82 Å². The summed E-state index contributed by atoms with van der Waals surface area (Å²) in [4.78, 5) is 14.1. The Morgan fingerprint density at radius 1 is 1.45 bits per heavy atom. The Balaban J connectivity index is 2.07. The van der Waals surface area contributed by atoms with Crippen molar-refractivity contribution in [2.75, 3.05) is 13.1 Å². The zero-order valence-corrected chi connectivity index (χ0v) is 11.3. The third kappa shape index (κ3) is 2.89. The second-order valence-electron chi connectivity index (χ2n) is 5.05. The van der Waals surface area contributed by atoms with Gasteiger partial charge in [-0.05, 0) is 37.5 Å². The van der Waals surface area contributed by atoms with E-state index in [2.05, 4.69) is 5.16 Å². The number of aryl methyl sites for hydroxylation is 1. The molecule has 0 spiro atoms. The van der Waals surface area contributed by atoms with Gasteiger partial charge >= 0.3 is 0 Å². The Kier molecular flexibility index (Phi) is 4.22. The van der Waals surface area contributed by atoms with E-state index in [4.69, 9.17) is 10.9 Å². The van der Waals surface area contributed by atoms with Crippen molar-refractivity contribution in [1.29, 1.82) is 0 Å². The summed E-state index contributed by atoms with van der Waals surface area (Å²) < 4.78 is 13.3. The van der Waals surface area contributed by atoms with Gasteiger partial charge in [0.25, 0.3) is 5.91 Å². The van der Waals surface area contributed by atoms with Crippen LogP contribution in [-0.4, -0.2) is 34.9 Å². The molecule has 1 aliphatic rings. The summed E-state index contributed by atoms with van der Waals surface area (Å²) in [6.07, 6.45) is 1.30. The number of likely N-dealkylation sites (tertiary alicyclic amines) is 1. The van der Waals surface area contributed by atoms with Crippen molar-refractivity contribution in [2.45, 2.75) is 19.8 Å². The molecule has 0 aromatic heterocycles. The molecule has 3 N–H and O–H groups in total. The maximum absolute atomic E-state index is 13.3. The van der Waals surface area contributed by atoms with Crippen molar-refractivity contribution in [3.63, 3.8) is 0 Å². The number of amidine groups is 1. The fourth-order valence-corrected chi connectivity index (χ4v) is 2.45. The van der Waals surface area contributed by atoms with Gasteiger partial charge in [-0.2, -0.15) is 0 Å². The average Bonchev–Trinajstić information content (AvgIpc) is 2.48. The number of halogens is 1. The number of carbonyl (C=O) groups is 1. The molecule has 1 aromatic carbocycles. The van der Waals surface area contributed by atoms with Gasteiger partial charge in [0.15, 0.2) is 0 Å². The molecule has 5 nitrogen and oxygen atoms in total. The average molecular weight is 279 g/mol. The van der Waals surface area contributed by atoms with Crippen LogP contribution in [0.3, 0.4) is 0 Å². The number of hydrogen-bond donors (Lipinski definition) is 2. The molecule has 1 amide bonds. The van der Waals surface area contributed by atoms with Gasteiger partial charge in [0.05, 0.1) is 0 Å². The number of oxime groups is 1. The summed E-state index contributed by atoms with van der Waals surface area (Å²) in [5.41, 5.74) is 6.73. The molecule has 1 fully saturated rings. The van der Waals surface area contributed by atoms with Crippen LogP contribution in [0.2, 0.25) is 0 Å². The number of carbonyl (C=O) groups excluding carboxylic acids is 1. The topological polar surface area (TPSA) is 78.9 Å². The number of hydrogen-bond acceptors (Lipinski definition) is 3. The fourth-order valence-electron chi connectivity index (χ4n) is 2.45. The number of nitrogens with two attached hydrogens (primary N) is 1. The zero-order chi connectivity index (χ0) is 14.7. The molecule has 2 rings (SSSR count). The second kappa shape index (κ2) is 5.90. The van der Waals surface area contributed by atoms with Crippen LogP contribution in [0.4, 0.5) is 4.39 Å². The van der Waals surface area contributed by atoms with Crippen LogP contribution in [0.1, 0.15) is 28.8 Å². The van der Waals surface area contributed by atoms with Crippen molar-refractivity contribution in [3.8, 4) is 0 Å². The maximum atomic E-state index is 13.3. The third-order valence-corrected chi connectivity index (χ3v) is 3.75. The summed E-state index contributed by atoms with van der Waals surface area (Å²) in [6.45, 7) is 2.83. The number of piperidine rings is 1. The van der Waals surface area contributed by atoms with Crippen LogP contribution in [0.5, 0.6) is 0 Å². The van der Waals surface area contributed by atoms with Crippen LogP contribution >= 0.6 is 0 Å². The smallest absolute Gasteiger partial charge is 0.254 e. The van der Waals surface area contributed by atoms with Crippen LogP contribution in [0.25, 0.3) is 0 Å². The molecular weight excluding hydrogens is 261 g/mol. The molecule has 1 aromatic rings. The van der Waals surface area contributed by atoms with Gasteiger partial charge in [0.2, 0.25) is 0 Å². The van der Waals surface area contributed by atoms with E-state index in [1.807, 2.05) is 0 Å². The molecular formula is C14H18FN3O2. The van der Waals surface area contributed by atoms with E-state index in [1.165, 1.54) is 12.1 Å². The summed E-state index contributed by atoms with van der Waals surface area (Å²) in [5.74, 6) is -0.373. The predicted octanol–water partition coefficient (Wildman–Crippen LogP) is 1.73. The van der Waals surface area contributed by atoms with E-state index in [1.54, 1.807) is 17.9 Å². The molecule has 0 bridgehead atoms. The highest BCUT2D eigenvalue weighted by Gasteiger charge is 2.26. The number of nitrogens with zero attached hydrogens (tertiary/aromatic N) is 2. The monoisotopic (exact) mass is 279 g/mol. The number of amides is 1. The highest BCUT2D eigenvalue weighted by Crippen LogP contribution is 2.20. The summed E-state index contributed by atoms with van der Waals surface area (Å²) >= 11 is 0. The Bertz CT molecular complexity index is 537. The molecule has 0 unspecified atom stereocenters. The third-order valence-electron chi connectivity index (χ3n) is 3.75. The van der Waals surface area contributed by atoms with E-state index in [0.717, 1.165) is 5.56 Å². The Morgan fingerprint density at radius 3 is 2.70 bits per heavy atom. The van der Waals surface area contributed by atoms with Crippen molar-refractivity contribution >= 4 is 11.7 Å². The minimum atomic E-state index is -0.412. The normalized spacial score (nSPS) is 17.3. The maximum Gasteiger partial charge on any atom is 0.254 e. The van der Waals surface area contributed by atoms with Crippen molar-refractivity contribution in [1.82, 2.24) is 4.90 Å². The summed E-state index contributed by atoms with van der Waals surface area (Å²) in [6, 6.07) is 4.22. The standard InChI is InChI=1S/C14H18FN3O2/c1-9-2-3-11(15)8-12(9)14(19)18-6-4-10(5-7-18)13(16)17-20/h2-3,8,10,20H,4-7H2,1H3,(H2,16,17). The molecule has 0 atom stereocenters. The zero-order valence-electron chi connectivity index (χ0n) is 11.3. The number of rotatable bonds is 2. The van der Waals surface area contributed by atoms with Gasteiger partial charge in [-0.3, -0.25) is 4.79 Å². The minimum Gasteiger partial charge on any atom is -0.409 e.